The van der Waals surface area contributed by atoms with Gasteiger partial charge in [-0.25, -0.2) is 14.5 Å². The minimum absolute atomic E-state index is 0.587. The normalized spacial score (nSPS) is 10.6. The fraction of sp³-hybridized carbons (Fsp3) is 0.0833. The van der Waals surface area contributed by atoms with Gasteiger partial charge in [-0.15, -0.1) is 0 Å². The molecule has 3 aromatic heterocycles. The van der Waals surface area contributed by atoms with Crippen LogP contribution in [0.4, 0.5) is 0 Å². The van der Waals surface area contributed by atoms with Crippen molar-refractivity contribution < 1.29 is 4.74 Å². The summed E-state index contributed by atoms with van der Waals surface area (Å²) >= 11 is 0. The maximum absolute atomic E-state index is 5.26. The van der Waals surface area contributed by atoms with E-state index in [0.717, 1.165) is 16.8 Å². The molecule has 0 bridgehead atoms. The zero-order chi connectivity index (χ0) is 11.7. The first kappa shape index (κ1) is 9.77. The molecule has 0 aliphatic heterocycles. The van der Waals surface area contributed by atoms with Crippen molar-refractivity contribution in [2.24, 2.45) is 0 Å². The lowest BCUT2D eigenvalue weighted by Crippen LogP contribution is -1.94. The number of ether oxygens (including phenoxy) is 1. The largest absolute Gasteiger partial charge is 0.481 e. The van der Waals surface area contributed by atoms with Crippen molar-refractivity contribution in [3.8, 4) is 17.0 Å². The van der Waals surface area contributed by atoms with Crippen LogP contribution in [0, 0.1) is 0 Å². The lowest BCUT2D eigenvalue weighted by molar-refractivity contribution is 0.399. The Labute approximate surface area is 97.7 Å². The highest BCUT2D eigenvalue weighted by Crippen LogP contribution is 2.29. The summed E-state index contributed by atoms with van der Waals surface area (Å²) in [7, 11) is 1.61. The predicted molar refractivity (Wildman–Crippen MR) is 62.8 cm³/mol. The lowest BCUT2D eigenvalue weighted by Gasteiger charge is -2.07. The van der Waals surface area contributed by atoms with E-state index in [2.05, 4.69) is 15.1 Å². The Balaban J connectivity index is 2.30. The second-order valence-electron chi connectivity index (χ2n) is 3.51. The number of aromatic nitrogens is 4. The molecule has 0 saturated carbocycles. The van der Waals surface area contributed by atoms with Gasteiger partial charge in [0.2, 0.25) is 5.88 Å². The molecule has 5 heteroatoms. The van der Waals surface area contributed by atoms with Crippen LogP contribution in [-0.2, 0) is 0 Å². The highest BCUT2D eigenvalue weighted by atomic mass is 16.5. The summed E-state index contributed by atoms with van der Waals surface area (Å²) in [4.78, 5) is 8.42. The summed E-state index contributed by atoms with van der Waals surface area (Å²) in [6.45, 7) is 0. The molecule has 0 N–H and O–H groups in total. The molecule has 3 rings (SSSR count). The predicted octanol–water partition coefficient (Wildman–Crippen LogP) is 1.80. The average Bonchev–Trinajstić information content (AvgIpc) is 2.86. The van der Waals surface area contributed by atoms with Crippen LogP contribution in [0.25, 0.3) is 16.8 Å². The molecule has 0 spiro atoms. The molecule has 0 atom stereocenters. The third-order valence-corrected chi connectivity index (χ3v) is 2.56. The number of rotatable bonds is 2. The van der Waals surface area contributed by atoms with Gasteiger partial charge in [0.05, 0.1) is 7.11 Å². The van der Waals surface area contributed by atoms with Crippen molar-refractivity contribution in [3.05, 3.63) is 43.0 Å². The molecule has 17 heavy (non-hydrogen) atoms. The summed E-state index contributed by atoms with van der Waals surface area (Å²) < 4.78 is 6.98. The van der Waals surface area contributed by atoms with Crippen LogP contribution in [0.5, 0.6) is 5.88 Å². The quantitative estimate of drug-likeness (QED) is 0.668. The first-order chi connectivity index (χ1) is 8.40. The van der Waals surface area contributed by atoms with Gasteiger partial charge in [-0.3, -0.25) is 0 Å². The van der Waals surface area contributed by atoms with E-state index >= 15 is 0 Å². The molecule has 0 unspecified atom stereocenters. The van der Waals surface area contributed by atoms with Crippen LogP contribution >= 0.6 is 0 Å². The topological polar surface area (TPSA) is 52.3 Å². The van der Waals surface area contributed by atoms with Crippen LogP contribution in [0.15, 0.2) is 43.0 Å². The van der Waals surface area contributed by atoms with Gasteiger partial charge in [-0.1, -0.05) is 0 Å². The fourth-order valence-electron chi connectivity index (χ4n) is 1.82. The van der Waals surface area contributed by atoms with E-state index in [4.69, 9.17) is 4.74 Å². The third kappa shape index (κ3) is 1.52. The molecule has 0 aromatic carbocycles. The number of pyridine rings is 2. The van der Waals surface area contributed by atoms with Gasteiger partial charge in [0, 0.05) is 23.5 Å². The highest BCUT2D eigenvalue weighted by Gasteiger charge is 2.10. The summed E-state index contributed by atoms with van der Waals surface area (Å²) in [5, 5.41) is 4.10. The molecule has 3 aromatic rings. The number of nitrogens with zero attached hydrogens (tertiary/aromatic N) is 4. The van der Waals surface area contributed by atoms with Gasteiger partial charge in [0.25, 0.3) is 0 Å². The molecule has 0 fully saturated rings. The molecule has 0 aliphatic rings. The lowest BCUT2D eigenvalue weighted by atomic mass is 10.1. The van der Waals surface area contributed by atoms with Crippen LogP contribution in [0.3, 0.4) is 0 Å². The van der Waals surface area contributed by atoms with E-state index in [9.17, 15) is 0 Å². The molecule has 0 saturated heterocycles. The Morgan fingerprint density at radius 2 is 2.00 bits per heavy atom. The van der Waals surface area contributed by atoms with Gasteiger partial charge >= 0.3 is 0 Å². The van der Waals surface area contributed by atoms with Gasteiger partial charge in [-0.05, 0) is 24.3 Å². The van der Waals surface area contributed by atoms with Crippen LogP contribution in [0.1, 0.15) is 0 Å². The summed E-state index contributed by atoms with van der Waals surface area (Å²) in [6.07, 6.45) is 5.09. The van der Waals surface area contributed by atoms with Crippen molar-refractivity contribution in [3.63, 3.8) is 0 Å². The molecule has 0 aliphatic carbocycles. The SMILES string of the molecule is COc1ncccc1-c1cccn2ncnc12. The molecule has 0 amide bonds. The fourth-order valence-corrected chi connectivity index (χ4v) is 1.82. The van der Waals surface area contributed by atoms with E-state index in [1.54, 1.807) is 17.8 Å². The first-order valence-corrected chi connectivity index (χ1v) is 5.18. The van der Waals surface area contributed by atoms with Gasteiger partial charge in [-0.2, -0.15) is 5.10 Å². The minimum Gasteiger partial charge on any atom is -0.481 e. The standard InChI is InChI=1S/C12H10N4O/c1-17-12-10(4-2-6-13-12)9-5-3-7-16-11(9)14-8-15-16/h2-8H,1H3. The summed E-state index contributed by atoms with van der Waals surface area (Å²) in [5.74, 6) is 0.587. The maximum atomic E-state index is 5.26. The van der Waals surface area contributed by atoms with Gasteiger partial charge in [0.15, 0.2) is 5.65 Å². The van der Waals surface area contributed by atoms with Crippen molar-refractivity contribution in [1.29, 1.82) is 0 Å². The van der Waals surface area contributed by atoms with E-state index in [-0.39, 0.29) is 0 Å². The Bertz CT molecular complexity index is 662. The van der Waals surface area contributed by atoms with E-state index in [0.29, 0.717) is 5.88 Å². The Morgan fingerprint density at radius 3 is 2.88 bits per heavy atom. The number of methoxy groups -OCH3 is 1. The smallest absolute Gasteiger partial charge is 0.221 e. The minimum atomic E-state index is 0.587. The van der Waals surface area contributed by atoms with E-state index in [1.807, 2.05) is 30.5 Å². The first-order valence-electron chi connectivity index (χ1n) is 5.18. The van der Waals surface area contributed by atoms with Gasteiger partial charge in [0.1, 0.15) is 6.33 Å². The van der Waals surface area contributed by atoms with Crippen LogP contribution in [0.2, 0.25) is 0 Å². The van der Waals surface area contributed by atoms with Crippen molar-refractivity contribution in [2.75, 3.05) is 7.11 Å². The van der Waals surface area contributed by atoms with Crippen molar-refractivity contribution in [2.45, 2.75) is 0 Å². The van der Waals surface area contributed by atoms with E-state index in [1.165, 1.54) is 6.33 Å². The summed E-state index contributed by atoms with van der Waals surface area (Å²) in [5.41, 5.74) is 2.65. The average molecular weight is 226 g/mol. The summed E-state index contributed by atoms with van der Waals surface area (Å²) in [6, 6.07) is 7.72. The second-order valence-corrected chi connectivity index (χ2v) is 3.51. The van der Waals surface area contributed by atoms with Crippen molar-refractivity contribution in [1.82, 2.24) is 19.6 Å². The van der Waals surface area contributed by atoms with E-state index < -0.39 is 0 Å². The maximum Gasteiger partial charge on any atom is 0.221 e. The molecular weight excluding hydrogens is 216 g/mol. The zero-order valence-corrected chi connectivity index (χ0v) is 9.24. The Kier molecular flexibility index (Phi) is 2.22. The Hall–Kier alpha value is -2.43. The molecular formula is C12H10N4O. The number of hydrogen-bond acceptors (Lipinski definition) is 4. The molecule has 5 nitrogen and oxygen atoms in total. The molecule has 0 radical (unpaired) electrons. The monoisotopic (exact) mass is 226 g/mol. The van der Waals surface area contributed by atoms with Crippen molar-refractivity contribution >= 4 is 5.65 Å². The number of fused-ring (bicyclic) bond motifs is 1. The third-order valence-electron chi connectivity index (χ3n) is 2.56. The molecule has 3 heterocycles. The highest BCUT2D eigenvalue weighted by molar-refractivity contribution is 5.79. The second kappa shape index (κ2) is 3.86. The molecule has 84 valence electrons. The Morgan fingerprint density at radius 1 is 1.12 bits per heavy atom. The number of hydrogen-bond donors (Lipinski definition) is 0. The zero-order valence-electron chi connectivity index (χ0n) is 9.24. The van der Waals surface area contributed by atoms with Crippen LogP contribution < -0.4 is 4.74 Å². The van der Waals surface area contributed by atoms with Crippen LogP contribution in [-0.4, -0.2) is 26.7 Å². The van der Waals surface area contributed by atoms with Gasteiger partial charge < -0.3 is 4.74 Å².